The number of benzene rings is 10. The van der Waals surface area contributed by atoms with Gasteiger partial charge in [0.15, 0.2) is 17.5 Å². The summed E-state index contributed by atoms with van der Waals surface area (Å²) in [6.45, 7) is 4.24. The van der Waals surface area contributed by atoms with Crippen molar-refractivity contribution in [2.24, 2.45) is 0 Å². The lowest BCUT2D eigenvalue weighted by Crippen LogP contribution is -2.04. The molecular weight excluding hydrogens is 877 g/mol. The summed E-state index contributed by atoms with van der Waals surface area (Å²) in [6, 6.07) is 83.5. The molecule has 3 heterocycles. The van der Waals surface area contributed by atoms with Crippen LogP contribution >= 0.6 is 0 Å². The molecule has 0 unspecified atom stereocenters. The third kappa shape index (κ3) is 7.31. The summed E-state index contributed by atoms with van der Waals surface area (Å²) in [5, 5.41) is 15.2. The summed E-state index contributed by atoms with van der Waals surface area (Å²) in [4.78, 5) is 15.5. The molecule has 3 aromatic heterocycles. The van der Waals surface area contributed by atoms with Crippen molar-refractivity contribution in [2.75, 3.05) is 0 Å². The van der Waals surface area contributed by atoms with Crippen LogP contribution in [-0.4, -0.2) is 24.1 Å². The van der Waals surface area contributed by atoms with E-state index in [9.17, 15) is 5.26 Å². The number of nitrogens with zero attached hydrogens (tertiary/aromatic N) is 6. The Kier molecular flexibility index (Phi) is 10.2. The second-order valence-electron chi connectivity index (χ2n) is 18.5. The Balaban J connectivity index is 1.10. The fourth-order valence-corrected chi connectivity index (χ4v) is 10.4. The maximum atomic E-state index is 10.6. The molecule has 13 aromatic rings. The number of nitriles is 1. The van der Waals surface area contributed by atoms with Crippen LogP contribution in [-0.2, 0) is 0 Å². The zero-order valence-electron chi connectivity index (χ0n) is 39.6. The minimum absolute atomic E-state index is 0.552. The van der Waals surface area contributed by atoms with E-state index in [1.54, 1.807) is 0 Å². The van der Waals surface area contributed by atoms with Gasteiger partial charge in [0.2, 0.25) is 0 Å². The quantitative estimate of drug-likeness (QED) is 0.152. The average molecular weight is 921 g/mol. The van der Waals surface area contributed by atoms with E-state index >= 15 is 0 Å². The molecule has 0 saturated carbocycles. The van der Waals surface area contributed by atoms with Crippen LogP contribution in [0.3, 0.4) is 0 Å². The van der Waals surface area contributed by atoms with Crippen LogP contribution in [0.4, 0.5) is 0 Å². The van der Waals surface area contributed by atoms with Gasteiger partial charge in [-0.15, -0.1) is 0 Å². The Morgan fingerprint density at radius 3 is 1.26 bits per heavy atom. The van der Waals surface area contributed by atoms with Crippen molar-refractivity contribution in [1.82, 2.24) is 24.1 Å². The monoisotopic (exact) mass is 920 g/mol. The molecule has 0 fully saturated rings. The molecule has 0 aliphatic rings. The fraction of sp³-hybridized carbons (Fsp3) is 0.0303. The Labute approximate surface area is 417 Å². The van der Waals surface area contributed by atoms with Crippen LogP contribution in [0, 0.1) is 25.2 Å². The lowest BCUT2D eigenvalue weighted by molar-refractivity contribution is 1.07. The second kappa shape index (κ2) is 17.4. The molecular formula is C66H44N6. The molecule has 0 aliphatic carbocycles. The Bertz CT molecular complexity index is 4220. The van der Waals surface area contributed by atoms with Crippen LogP contribution in [0.15, 0.2) is 231 Å². The molecule has 10 aromatic carbocycles. The normalized spacial score (nSPS) is 11.5. The first-order chi connectivity index (χ1) is 35.5. The highest BCUT2D eigenvalue weighted by molar-refractivity contribution is 6.13. The van der Waals surface area contributed by atoms with E-state index in [4.69, 9.17) is 15.0 Å². The summed E-state index contributed by atoms with van der Waals surface area (Å²) >= 11 is 0. The molecule has 0 saturated heterocycles. The molecule has 338 valence electrons. The van der Waals surface area contributed by atoms with E-state index in [1.807, 2.05) is 72.8 Å². The molecule has 0 amide bonds. The lowest BCUT2D eigenvalue weighted by atomic mass is 9.96. The molecule has 0 N–H and O–H groups in total. The molecule has 0 bridgehead atoms. The van der Waals surface area contributed by atoms with Crippen LogP contribution in [0.2, 0.25) is 0 Å². The molecule has 72 heavy (non-hydrogen) atoms. The first-order valence-electron chi connectivity index (χ1n) is 24.2. The molecule has 0 atom stereocenters. The number of para-hydroxylation sites is 2. The van der Waals surface area contributed by atoms with E-state index in [2.05, 4.69) is 187 Å². The van der Waals surface area contributed by atoms with Gasteiger partial charge in [0.25, 0.3) is 0 Å². The van der Waals surface area contributed by atoms with E-state index < -0.39 is 0 Å². The molecule has 0 radical (unpaired) electrons. The van der Waals surface area contributed by atoms with Crippen LogP contribution in [0.25, 0.3) is 123 Å². The Morgan fingerprint density at radius 1 is 0.319 bits per heavy atom. The van der Waals surface area contributed by atoms with Crippen molar-refractivity contribution in [3.05, 3.63) is 247 Å². The Hall–Kier alpha value is -9.70. The smallest absolute Gasteiger partial charge is 0.164 e. The van der Waals surface area contributed by atoms with Gasteiger partial charge < -0.3 is 9.13 Å². The maximum Gasteiger partial charge on any atom is 0.164 e. The molecule has 0 aliphatic heterocycles. The van der Waals surface area contributed by atoms with Crippen LogP contribution < -0.4 is 0 Å². The Morgan fingerprint density at radius 2 is 0.750 bits per heavy atom. The highest BCUT2D eigenvalue weighted by Crippen LogP contribution is 2.44. The van der Waals surface area contributed by atoms with Crippen molar-refractivity contribution < 1.29 is 0 Å². The highest BCUT2D eigenvalue weighted by Gasteiger charge is 2.23. The van der Waals surface area contributed by atoms with Crippen molar-refractivity contribution in [1.29, 1.82) is 5.26 Å². The zero-order valence-corrected chi connectivity index (χ0v) is 39.6. The summed E-state index contributed by atoms with van der Waals surface area (Å²) in [7, 11) is 0. The number of fused-ring (bicyclic) bond motifs is 6. The van der Waals surface area contributed by atoms with Gasteiger partial charge >= 0.3 is 0 Å². The summed E-state index contributed by atoms with van der Waals surface area (Å²) in [6.07, 6.45) is 0. The summed E-state index contributed by atoms with van der Waals surface area (Å²) in [5.41, 5.74) is 18.3. The molecule has 6 heteroatoms. The number of rotatable bonds is 8. The first-order valence-corrected chi connectivity index (χ1v) is 24.2. The molecule has 13 rings (SSSR count). The van der Waals surface area contributed by atoms with E-state index in [-0.39, 0.29) is 0 Å². The van der Waals surface area contributed by atoms with Crippen molar-refractivity contribution >= 4 is 43.6 Å². The second-order valence-corrected chi connectivity index (χ2v) is 18.5. The predicted molar refractivity (Wildman–Crippen MR) is 295 cm³/mol. The number of aromatic nitrogens is 5. The molecule has 0 spiro atoms. The maximum absolute atomic E-state index is 10.6. The minimum atomic E-state index is 0.552. The minimum Gasteiger partial charge on any atom is -0.309 e. The molecule has 6 nitrogen and oxygen atoms in total. The van der Waals surface area contributed by atoms with Crippen molar-refractivity contribution in [2.45, 2.75) is 13.8 Å². The van der Waals surface area contributed by atoms with Gasteiger partial charge in [0.1, 0.15) is 0 Å². The zero-order chi connectivity index (χ0) is 48.3. The number of aryl methyl sites for hydroxylation is 2. The predicted octanol–water partition coefficient (Wildman–Crippen LogP) is 16.6. The number of hydrogen-bond donors (Lipinski definition) is 0. The fourth-order valence-electron chi connectivity index (χ4n) is 10.4. The summed E-state index contributed by atoms with van der Waals surface area (Å²) < 4.78 is 4.72. The standard InChI is InChI=1S/C66H44N6/c1-42-21-26-45(27-22-42)49-30-34-60-55(38-49)52-17-9-11-19-58(52)71(60)61-36-32-51(66-69-64(47-13-5-3-6-14-47)68-65(70-66)48-15-7-4-8-16-48)40-57(61)54-33-25-44(41-67)37-63(54)72-59-20-12-10-18-53(59)56-39-50(31-35-62(56)72)46-28-23-43(2)24-29-46/h3-40H,1-2H3. The summed E-state index contributed by atoms with van der Waals surface area (Å²) in [5.74, 6) is 1.73. The topological polar surface area (TPSA) is 72.3 Å². The van der Waals surface area contributed by atoms with E-state index in [0.29, 0.717) is 23.0 Å². The van der Waals surface area contributed by atoms with Gasteiger partial charge in [-0.25, -0.2) is 15.0 Å². The van der Waals surface area contributed by atoms with Crippen molar-refractivity contribution in [3.8, 4) is 85.0 Å². The van der Waals surface area contributed by atoms with Crippen LogP contribution in [0.1, 0.15) is 16.7 Å². The first kappa shape index (κ1) is 42.4. The van der Waals surface area contributed by atoms with Gasteiger partial charge in [-0.3, -0.25) is 0 Å². The van der Waals surface area contributed by atoms with Gasteiger partial charge in [-0.1, -0.05) is 175 Å². The SMILES string of the molecule is Cc1ccc(-c2ccc3c(c2)c2ccccc2n3-c2ccc(-c3nc(-c4ccccc4)nc(-c4ccccc4)n3)cc2-c2ccc(C#N)cc2-n2c3ccccc3c3cc(-c4ccc(C)cc4)ccc32)cc1. The van der Waals surface area contributed by atoms with Gasteiger partial charge in [-0.2, -0.15) is 5.26 Å². The highest BCUT2D eigenvalue weighted by atomic mass is 15.0. The van der Waals surface area contributed by atoms with Crippen LogP contribution in [0.5, 0.6) is 0 Å². The third-order valence-corrected chi connectivity index (χ3v) is 14.0. The van der Waals surface area contributed by atoms with Gasteiger partial charge in [0, 0.05) is 49.4 Å². The van der Waals surface area contributed by atoms with Crippen molar-refractivity contribution in [3.63, 3.8) is 0 Å². The van der Waals surface area contributed by atoms with E-state index in [1.165, 1.54) is 16.7 Å². The van der Waals surface area contributed by atoms with Gasteiger partial charge in [-0.05, 0) is 103 Å². The van der Waals surface area contributed by atoms with Gasteiger partial charge in [0.05, 0.1) is 45.1 Å². The van der Waals surface area contributed by atoms with E-state index in [0.717, 1.165) is 99.5 Å². The number of hydrogen-bond acceptors (Lipinski definition) is 4. The average Bonchev–Trinajstić information content (AvgIpc) is 3.95. The lowest BCUT2D eigenvalue weighted by Gasteiger charge is -2.20. The third-order valence-electron chi connectivity index (χ3n) is 14.0. The largest absolute Gasteiger partial charge is 0.309 e.